The first kappa shape index (κ1) is 46.7. The molecule has 0 saturated carbocycles. The van der Waals surface area contributed by atoms with Gasteiger partial charge in [0.2, 0.25) is 0 Å². The normalized spacial score (nSPS) is 17.2. The highest BCUT2D eigenvalue weighted by Crippen LogP contribution is 2.23. The summed E-state index contributed by atoms with van der Waals surface area (Å²) in [5.74, 6) is -0.291. The van der Waals surface area contributed by atoms with Crippen LogP contribution in [0, 0.1) is 0 Å². The summed E-state index contributed by atoms with van der Waals surface area (Å²) in [4.78, 5) is 25.2. The van der Waals surface area contributed by atoms with Crippen molar-refractivity contribution < 1.29 is 36.0 Å². The van der Waals surface area contributed by atoms with Crippen molar-refractivity contribution in [1.82, 2.24) is 0 Å². The lowest BCUT2D eigenvalue weighted by atomic mass is 10.1. The van der Waals surface area contributed by atoms with Crippen LogP contribution < -0.4 is 12.4 Å². The number of unbranched alkanes of at least 4 members (excludes halogenated alkanes) is 22. The van der Waals surface area contributed by atoms with Crippen LogP contribution in [0.3, 0.4) is 0 Å². The number of likely N-dealkylation sites (tertiary alicyclic amines) is 1. The molecule has 0 bridgehead atoms. The molecule has 0 aromatic carbocycles. The van der Waals surface area contributed by atoms with Crippen LogP contribution in [0.1, 0.15) is 194 Å². The van der Waals surface area contributed by atoms with Crippen LogP contribution in [-0.4, -0.2) is 55.8 Å². The zero-order chi connectivity index (χ0) is 34.3. The van der Waals surface area contributed by atoms with Gasteiger partial charge in [0.05, 0.1) is 14.1 Å². The summed E-state index contributed by atoms with van der Waals surface area (Å²) in [6.07, 6.45) is 42.0. The molecule has 1 saturated heterocycles. The van der Waals surface area contributed by atoms with Gasteiger partial charge in [-0.1, -0.05) is 141 Å². The van der Waals surface area contributed by atoms with E-state index >= 15 is 0 Å². The van der Waals surface area contributed by atoms with E-state index in [1.54, 1.807) is 0 Å². The number of carbonyl (C=O) groups excluding carboxylic acids is 2. The fraction of sp³-hybridized carbons (Fsp3) is 0.857. The highest BCUT2D eigenvalue weighted by atomic mass is 35.5. The summed E-state index contributed by atoms with van der Waals surface area (Å²) in [5, 5.41) is 0. The Labute approximate surface area is 304 Å². The van der Waals surface area contributed by atoms with Crippen molar-refractivity contribution in [3.05, 3.63) is 24.3 Å². The quantitative estimate of drug-likeness (QED) is 0.0305. The first-order valence-corrected chi connectivity index (χ1v) is 20.4. The molecule has 0 aromatic heterocycles. The smallest absolute Gasteiger partial charge is 0.306 e. The molecule has 2 atom stereocenters. The first-order valence-electron chi connectivity index (χ1n) is 20.4. The molecule has 0 spiro atoms. The average Bonchev–Trinajstić information content (AvgIpc) is 3.32. The molecule has 0 amide bonds. The molecule has 1 rings (SSSR count). The number of nitrogens with zero attached hydrogens (tertiary/aromatic N) is 1. The Balaban J connectivity index is 0.0000221. The molecule has 0 aromatic rings. The van der Waals surface area contributed by atoms with E-state index in [2.05, 4.69) is 52.2 Å². The third-order valence-corrected chi connectivity index (χ3v) is 9.61. The number of allylic oxidation sites excluding steroid dienone is 4. The van der Waals surface area contributed by atoms with Crippen LogP contribution in [0.15, 0.2) is 24.3 Å². The highest BCUT2D eigenvalue weighted by Gasteiger charge is 2.45. The predicted molar refractivity (Wildman–Crippen MR) is 201 cm³/mol. The van der Waals surface area contributed by atoms with Crippen LogP contribution in [0.5, 0.6) is 0 Å². The van der Waals surface area contributed by atoms with Crippen molar-refractivity contribution >= 4 is 11.9 Å². The Kier molecular flexibility index (Phi) is 31.9. The third-order valence-electron chi connectivity index (χ3n) is 9.61. The van der Waals surface area contributed by atoms with E-state index in [-0.39, 0.29) is 36.6 Å². The number of rotatable bonds is 32. The summed E-state index contributed by atoms with van der Waals surface area (Å²) >= 11 is 0. The van der Waals surface area contributed by atoms with Gasteiger partial charge in [0.1, 0.15) is 13.1 Å². The maximum absolute atomic E-state index is 12.6. The summed E-state index contributed by atoms with van der Waals surface area (Å²) in [6, 6.07) is 0. The minimum atomic E-state index is -0.335. The average molecular weight is 697 g/mol. The summed E-state index contributed by atoms with van der Waals surface area (Å²) in [6.45, 7) is 5.93. The minimum Gasteiger partial charge on any atom is -1.00 e. The molecule has 282 valence electrons. The predicted octanol–water partition coefficient (Wildman–Crippen LogP) is 8.98. The van der Waals surface area contributed by atoms with Crippen molar-refractivity contribution in [2.75, 3.05) is 27.2 Å². The standard InChI is InChI=1S/C42H78NO4.ClH/c1-5-7-9-11-13-15-17-19-21-23-25-27-29-31-33-35-41(44)46-39-37-43(3,4)38-40(39)47-42(45)36-34-32-30-28-26-24-22-20-18-16-14-12-10-8-6-2;/h19-22,39-40H,5-18,23-38H2,1-4H3;1H/q+1;/p-1/t39-,40-;/m1./s1. The molecule has 5 nitrogen and oxygen atoms in total. The molecule has 0 unspecified atom stereocenters. The van der Waals surface area contributed by atoms with E-state index < -0.39 is 0 Å². The lowest BCUT2D eigenvalue weighted by Crippen LogP contribution is -3.00. The molecule has 1 heterocycles. The van der Waals surface area contributed by atoms with E-state index in [1.807, 2.05) is 0 Å². The van der Waals surface area contributed by atoms with Gasteiger partial charge in [-0.2, -0.15) is 0 Å². The van der Waals surface area contributed by atoms with Gasteiger partial charge in [0.25, 0.3) is 0 Å². The van der Waals surface area contributed by atoms with Crippen molar-refractivity contribution in [1.29, 1.82) is 0 Å². The number of hydrogen-bond donors (Lipinski definition) is 0. The number of esters is 2. The second-order valence-corrected chi connectivity index (χ2v) is 15.0. The Bertz CT molecular complexity index is 747. The molecular weight excluding hydrogens is 618 g/mol. The summed E-state index contributed by atoms with van der Waals surface area (Å²) < 4.78 is 12.4. The number of hydrogen-bond acceptors (Lipinski definition) is 4. The van der Waals surface area contributed by atoms with E-state index in [1.165, 1.54) is 141 Å². The van der Waals surface area contributed by atoms with E-state index in [0.717, 1.165) is 25.7 Å². The maximum Gasteiger partial charge on any atom is 0.306 e. The lowest BCUT2D eigenvalue weighted by Gasteiger charge is -2.22. The zero-order valence-electron chi connectivity index (χ0n) is 32.1. The number of halogens is 1. The molecule has 1 aliphatic rings. The van der Waals surface area contributed by atoms with Gasteiger partial charge in [0.15, 0.2) is 12.2 Å². The molecule has 6 heteroatoms. The number of likely N-dealkylation sites (N-methyl/N-ethyl adjacent to an activating group) is 1. The number of carbonyl (C=O) groups is 2. The van der Waals surface area contributed by atoms with Crippen LogP contribution >= 0.6 is 0 Å². The molecule has 0 aliphatic carbocycles. The second-order valence-electron chi connectivity index (χ2n) is 15.0. The Morgan fingerprint density at radius 3 is 1.06 bits per heavy atom. The van der Waals surface area contributed by atoms with Gasteiger partial charge in [-0.15, -0.1) is 0 Å². The first-order chi connectivity index (χ1) is 22.9. The molecule has 1 fully saturated rings. The Morgan fingerprint density at radius 2 is 0.750 bits per heavy atom. The summed E-state index contributed by atoms with van der Waals surface area (Å²) in [7, 11) is 4.23. The molecular formula is C42H78ClNO4. The van der Waals surface area contributed by atoms with Gasteiger partial charge in [-0.3, -0.25) is 9.59 Å². The maximum atomic E-state index is 12.6. The fourth-order valence-corrected chi connectivity index (χ4v) is 6.65. The second kappa shape index (κ2) is 32.9. The molecule has 48 heavy (non-hydrogen) atoms. The topological polar surface area (TPSA) is 52.6 Å². The van der Waals surface area contributed by atoms with Crippen LogP contribution in [0.25, 0.3) is 0 Å². The van der Waals surface area contributed by atoms with Gasteiger partial charge in [0, 0.05) is 12.8 Å². The van der Waals surface area contributed by atoms with Crippen molar-refractivity contribution in [2.24, 2.45) is 0 Å². The minimum absolute atomic E-state index is 0. The molecule has 0 radical (unpaired) electrons. The van der Waals surface area contributed by atoms with Gasteiger partial charge in [-0.25, -0.2) is 0 Å². The largest absolute Gasteiger partial charge is 1.00 e. The Hall–Kier alpha value is -1.33. The van der Waals surface area contributed by atoms with E-state index in [4.69, 9.17) is 9.47 Å². The van der Waals surface area contributed by atoms with E-state index in [9.17, 15) is 9.59 Å². The van der Waals surface area contributed by atoms with Gasteiger partial charge < -0.3 is 26.4 Å². The molecule has 0 N–H and O–H groups in total. The number of ether oxygens (including phenoxy) is 2. The van der Waals surface area contributed by atoms with Crippen LogP contribution in [-0.2, 0) is 19.1 Å². The van der Waals surface area contributed by atoms with Gasteiger partial charge >= 0.3 is 11.9 Å². The lowest BCUT2D eigenvalue weighted by molar-refractivity contribution is -0.880. The fourth-order valence-electron chi connectivity index (χ4n) is 6.65. The van der Waals surface area contributed by atoms with E-state index in [0.29, 0.717) is 30.4 Å². The monoisotopic (exact) mass is 696 g/mol. The van der Waals surface area contributed by atoms with Crippen LogP contribution in [0.2, 0.25) is 0 Å². The van der Waals surface area contributed by atoms with Crippen LogP contribution in [0.4, 0.5) is 0 Å². The third kappa shape index (κ3) is 28.5. The summed E-state index contributed by atoms with van der Waals surface area (Å²) in [5.41, 5.74) is 0. The van der Waals surface area contributed by atoms with Crippen molar-refractivity contribution in [3.8, 4) is 0 Å². The number of quaternary nitrogens is 1. The molecule has 1 aliphatic heterocycles. The SMILES string of the molecule is CCCCCCCCC=CCCCCCCCC(=O)O[C@@H]1C[N+](C)(C)C[C@H]1OC(=O)CCCCCCCC=CCCCCCCCC.[Cl-]. The van der Waals surface area contributed by atoms with Crippen molar-refractivity contribution in [3.63, 3.8) is 0 Å². The van der Waals surface area contributed by atoms with Crippen molar-refractivity contribution in [2.45, 2.75) is 206 Å². The van der Waals surface area contributed by atoms with Gasteiger partial charge in [-0.05, 0) is 64.2 Å². The zero-order valence-corrected chi connectivity index (χ0v) is 32.9. The highest BCUT2D eigenvalue weighted by molar-refractivity contribution is 5.70. The Morgan fingerprint density at radius 1 is 0.479 bits per heavy atom.